The molecule has 394 valence electrons. The number of carbonyl (C=O) groups excluding carboxylic acids is 1. The van der Waals surface area contributed by atoms with Crippen molar-refractivity contribution >= 4 is 5.78 Å². The molecule has 0 amide bonds. The third kappa shape index (κ3) is 9.19. The van der Waals surface area contributed by atoms with Crippen molar-refractivity contribution in [3.8, 4) is 73.5 Å². The quantitative estimate of drug-likeness (QED) is 0.0496. The van der Waals surface area contributed by atoms with Gasteiger partial charge in [0.2, 0.25) is 0 Å². The van der Waals surface area contributed by atoms with Crippen LogP contribution in [0.15, 0.2) is 158 Å². The number of aryl methyl sites for hydroxylation is 1. The second-order valence-electron chi connectivity index (χ2n) is 22.7. The molecule has 0 saturated heterocycles. The molecule has 4 atom stereocenters. The number of ether oxygens (including phenoxy) is 1. The van der Waals surface area contributed by atoms with Gasteiger partial charge in [0.1, 0.15) is 11.6 Å². The lowest BCUT2D eigenvalue weighted by molar-refractivity contribution is -0.122. The molecule has 3 aliphatic rings. The molecule has 3 aliphatic carbocycles. The van der Waals surface area contributed by atoms with Crippen molar-refractivity contribution < 1.29 is 9.53 Å². The van der Waals surface area contributed by atoms with Crippen molar-refractivity contribution in [2.24, 2.45) is 10.8 Å². The van der Waals surface area contributed by atoms with Crippen molar-refractivity contribution in [1.82, 2.24) is 29.5 Å². The molecule has 0 N–H and O–H groups in total. The van der Waals surface area contributed by atoms with E-state index in [1.165, 1.54) is 123 Å². The number of fused-ring (bicyclic) bond motifs is 3. The van der Waals surface area contributed by atoms with E-state index in [0.29, 0.717) is 17.7 Å². The molecule has 2 fully saturated rings. The normalized spacial score (nSPS) is 19.5. The van der Waals surface area contributed by atoms with Crippen LogP contribution in [-0.2, 0) is 10.2 Å². The summed E-state index contributed by atoms with van der Waals surface area (Å²) in [5.74, 6) is 3.89. The Balaban J connectivity index is 0.933. The summed E-state index contributed by atoms with van der Waals surface area (Å²) in [5, 5.41) is 19.3. The number of hydrogen-bond acceptors (Lipinski definition) is 6. The zero-order valence-electron chi connectivity index (χ0n) is 46.2. The molecule has 77 heavy (non-hydrogen) atoms. The van der Waals surface area contributed by atoms with Crippen LogP contribution in [-0.4, -0.2) is 41.4 Å². The predicted molar refractivity (Wildman–Crippen MR) is 314 cm³/mol. The van der Waals surface area contributed by atoms with Gasteiger partial charge in [0.25, 0.3) is 0 Å². The highest BCUT2D eigenvalue weighted by atomic mass is 16.5. The van der Waals surface area contributed by atoms with Gasteiger partial charge in [0.15, 0.2) is 29.4 Å². The standard InChI is InChI=1S/C69H76N6O2/c1-7-10-11-12-13-14-21-27-62(63(76)48(4)5)77-57-36-32-52(33-37-57)65-73-72-64(75(65)56-25-19-16-20-26-56)51-30-28-50(29-31-51)53-34-38-58-59-39-35-54(66-71-70-49(6)74(66)55-23-17-15-18-24-55)47-61(59)69(60(58)46-53)67(40-8-2)42-22-43-68(69,41-9-3)45-44-67/h15-20,23-26,28-39,46-47,62H,4,7-14,21-22,27,40-45H2,1-3,5-6H3/t62?,67-,68?,69?/m0/s1. The number of rotatable bonds is 22. The Hall–Kier alpha value is -7.19. The first-order valence-corrected chi connectivity index (χ1v) is 29.0. The minimum Gasteiger partial charge on any atom is -0.482 e. The van der Waals surface area contributed by atoms with Gasteiger partial charge < -0.3 is 4.74 Å². The zero-order chi connectivity index (χ0) is 53.2. The summed E-state index contributed by atoms with van der Waals surface area (Å²) in [4.78, 5) is 13.3. The van der Waals surface area contributed by atoms with Gasteiger partial charge in [-0.2, -0.15) is 0 Å². The molecule has 8 heteroatoms. The van der Waals surface area contributed by atoms with Crippen LogP contribution in [0.4, 0.5) is 0 Å². The van der Waals surface area contributed by atoms with E-state index in [1.807, 2.05) is 30.3 Å². The van der Waals surface area contributed by atoms with Gasteiger partial charge >= 0.3 is 0 Å². The first kappa shape index (κ1) is 51.9. The Labute approximate surface area is 457 Å². The van der Waals surface area contributed by atoms with Gasteiger partial charge in [-0.05, 0) is 176 Å². The number of Topliss-reactive ketones (excluding diaryl/α,β-unsaturated/α-hetero) is 1. The summed E-state index contributed by atoms with van der Waals surface area (Å²) < 4.78 is 10.8. The van der Waals surface area contributed by atoms with E-state index >= 15 is 0 Å². The first-order chi connectivity index (χ1) is 37.7. The summed E-state index contributed by atoms with van der Waals surface area (Å²) in [6.07, 6.45) is 19.5. The van der Waals surface area contributed by atoms with E-state index in [0.717, 1.165) is 64.2 Å². The fraction of sp³-hybridized carbons (Fsp3) is 0.377. The van der Waals surface area contributed by atoms with Gasteiger partial charge in [-0.15, -0.1) is 20.4 Å². The first-order valence-electron chi connectivity index (χ1n) is 29.0. The minimum atomic E-state index is -0.554. The summed E-state index contributed by atoms with van der Waals surface area (Å²) in [7, 11) is 0. The molecule has 2 heterocycles. The van der Waals surface area contributed by atoms with E-state index in [4.69, 9.17) is 20.0 Å². The van der Waals surface area contributed by atoms with Crippen LogP contribution in [0, 0.1) is 17.8 Å². The van der Waals surface area contributed by atoms with Gasteiger partial charge in [-0.25, -0.2) is 0 Å². The Bertz CT molecular complexity index is 3340. The van der Waals surface area contributed by atoms with Crippen molar-refractivity contribution in [2.75, 3.05) is 0 Å². The molecule has 1 spiro atoms. The van der Waals surface area contributed by atoms with E-state index in [1.54, 1.807) is 6.92 Å². The van der Waals surface area contributed by atoms with E-state index in [2.05, 4.69) is 164 Å². The summed E-state index contributed by atoms with van der Waals surface area (Å²) in [6, 6.07) is 52.5. The summed E-state index contributed by atoms with van der Waals surface area (Å²) in [6.45, 7) is 14.9. The highest BCUT2D eigenvalue weighted by Crippen LogP contribution is 2.79. The molecule has 2 saturated carbocycles. The largest absolute Gasteiger partial charge is 0.482 e. The molecule has 8 aromatic rings. The Morgan fingerprint density at radius 1 is 0.545 bits per heavy atom. The lowest BCUT2D eigenvalue weighted by Gasteiger charge is -2.58. The van der Waals surface area contributed by atoms with Crippen LogP contribution in [0.5, 0.6) is 5.75 Å². The van der Waals surface area contributed by atoms with Crippen LogP contribution < -0.4 is 4.74 Å². The maximum absolute atomic E-state index is 13.3. The molecule has 6 aromatic carbocycles. The Kier molecular flexibility index (Phi) is 14.9. The number of aromatic nitrogens is 6. The average molecular weight is 1020 g/mol. The summed E-state index contributed by atoms with van der Waals surface area (Å²) >= 11 is 0. The second-order valence-corrected chi connectivity index (χ2v) is 22.7. The van der Waals surface area contributed by atoms with E-state index in [-0.39, 0.29) is 22.0 Å². The monoisotopic (exact) mass is 1020 g/mol. The van der Waals surface area contributed by atoms with Gasteiger partial charge in [0, 0.05) is 33.5 Å². The molecular formula is C69H76N6O2. The molecular weight excluding hydrogens is 945 g/mol. The van der Waals surface area contributed by atoms with E-state index in [9.17, 15) is 4.79 Å². The fourth-order valence-corrected chi connectivity index (χ4v) is 14.8. The molecule has 0 radical (unpaired) electrons. The molecule has 8 nitrogen and oxygen atoms in total. The lowest BCUT2D eigenvalue weighted by atomic mass is 9.44. The highest BCUT2D eigenvalue weighted by molar-refractivity contribution is 5.98. The smallest absolute Gasteiger partial charge is 0.198 e. The number of hydrogen-bond donors (Lipinski definition) is 0. The SMILES string of the molecule is C=C(C)C(=O)C(CCCCCCCCC)Oc1ccc(-c2nnc(-c3ccc(-c4ccc5c(c4)C4(c6cc(-c7nnc(C)n7-c7ccccc7)ccc6-5)C5(CCC)CCC[C@@]4(CCC)CC5)cc3)n2-c2ccccc2)cc1. The number of para-hydroxylation sites is 2. The fourth-order valence-electron chi connectivity index (χ4n) is 14.8. The second kappa shape index (κ2) is 22.0. The zero-order valence-corrected chi connectivity index (χ0v) is 46.2. The van der Waals surface area contributed by atoms with Crippen molar-refractivity contribution in [1.29, 1.82) is 0 Å². The van der Waals surface area contributed by atoms with Gasteiger partial charge in [-0.3, -0.25) is 13.9 Å². The third-order valence-corrected chi connectivity index (χ3v) is 18.0. The Morgan fingerprint density at radius 2 is 1.03 bits per heavy atom. The van der Waals surface area contributed by atoms with Crippen LogP contribution >= 0.6 is 0 Å². The maximum Gasteiger partial charge on any atom is 0.198 e. The molecule has 2 bridgehead atoms. The van der Waals surface area contributed by atoms with Gasteiger partial charge in [0.05, 0.1) is 0 Å². The van der Waals surface area contributed by atoms with Crippen molar-refractivity contribution in [3.63, 3.8) is 0 Å². The maximum atomic E-state index is 13.3. The molecule has 11 rings (SSSR count). The Morgan fingerprint density at radius 3 is 1.60 bits per heavy atom. The van der Waals surface area contributed by atoms with Crippen LogP contribution in [0.2, 0.25) is 0 Å². The van der Waals surface area contributed by atoms with Gasteiger partial charge in [-0.1, -0.05) is 170 Å². The average Bonchev–Trinajstić information content (AvgIpc) is 4.33. The highest BCUT2D eigenvalue weighted by Gasteiger charge is 2.71. The topological polar surface area (TPSA) is 87.7 Å². The van der Waals surface area contributed by atoms with Crippen LogP contribution in [0.1, 0.15) is 154 Å². The van der Waals surface area contributed by atoms with Crippen molar-refractivity contribution in [3.05, 3.63) is 175 Å². The number of carbonyl (C=O) groups is 1. The molecule has 0 aliphatic heterocycles. The number of unbranched alkanes of at least 4 members (excludes halogenated alkanes) is 6. The molecule has 2 aromatic heterocycles. The number of ketones is 1. The third-order valence-electron chi connectivity index (χ3n) is 18.0. The van der Waals surface area contributed by atoms with Crippen molar-refractivity contribution in [2.45, 2.75) is 155 Å². The molecule has 3 unspecified atom stereocenters. The van der Waals surface area contributed by atoms with Crippen LogP contribution in [0.3, 0.4) is 0 Å². The number of nitrogens with zero attached hydrogens (tertiary/aromatic N) is 6. The van der Waals surface area contributed by atoms with E-state index < -0.39 is 6.10 Å². The summed E-state index contributed by atoms with van der Waals surface area (Å²) in [5.41, 5.74) is 14.0. The number of benzene rings is 6. The van der Waals surface area contributed by atoms with Crippen LogP contribution in [0.25, 0.3) is 67.8 Å². The minimum absolute atomic E-state index is 0.0336. The predicted octanol–water partition coefficient (Wildman–Crippen LogP) is 17.7. The lowest BCUT2D eigenvalue weighted by Crippen LogP contribution is -2.54.